The van der Waals surface area contributed by atoms with Crippen LogP contribution in [0.15, 0.2) is 77.8 Å². The van der Waals surface area contributed by atoms with E-state index in [1.807, 2.05) is 0 Å². The lowest BCUT2D eigenvalue weighted by Crippen LogP contribution is -2.42. The first-order chi connectivity index (χ1) is 20.3. The van der Waals surface area contributed by atoms with E-state index in [4.69, 9.17) is 4.74 Å². The molecular formula is C30H25F3N2O7S. The average molecular weight is 615 g/mol. The summed E-state index contributed by atoms with van der Waals surface area (Å²) in [5, 5.41) is 19.8. The van der Waals surface area contributed by atoms with Gasteiger partial charge in [-0.3, -0.25) is 4.79 Å². The number of carboxylic acids is 2. The van der Waals surface area contributed by atoms with Gasteiger partial charge in [0, 0.05) is 30.1 Å². The summed E-state index contributed by atoms with van der Waals surface area (Å²) in [6, 6.07) is 12.4. The largest absolute Gasteiger partial charge is 0.481 e. The number of aromatic nitrogens is 1. The molecule has 1 aromatic heterocycles. The minimum absolute atomic E-state index is 0.0827. The molecule has 13 heteroatoms. The smallest absolute Gasteiger partial charge is 0.416 e. The van der Waals surface area contributed by atoms with Crippen molar-refractivity contribution in [3.63, 3.8) is 0 Å². The number of halogens is 3. The van der Waals surface area contributed by atoms with E-state index in [2.05, 4.69) is 16.6 Å². The van der Waals surface area contributed by atoms with Gasteiger partial charge in [0.25, 0.3) is 0 Å². The number of hydrogen-bond donors (Lipinski definition) is 3. The van der Waals surface area contributed by atoms with E-state index in [1.165, 1.54) is 60.8 Å². The molecule has 9 nitrogen and oxygen atoms in total. The third-order valence-electron chi connectivity index (χ3n) is 6.49. The Morgan fingerprint density at radius 1 is 1.02 bits per heavy atom. The van der Waals surface area contributed by atoms with Gasteiger partial charge in [-0.05, 0) is 72.6 Å². The molecule has 3 N–H and O–H groups in total. The number of carbonyl (C=O) groups is 2. The summed E-state index contributed by atoms with van der Waals surface area (Å²) in [6.45, 7) is 1.84. The number of sulfonamides is 1. The number of carboxylic acid groups (broad SMARTS) is 2. The number of alkyl halides is 3. The van der Waals surface area contributed by atoms with Gasteiger partial charge in [0.1, 0.15) is 18.4 Å². The lowest BCUT2D eigenvalue weighted by Gasteiger charge is -2.15. The summed E-state index contributed by atoms with van der Waals surface area (Å²) in [6.07, 6.45) is -3.33. The summed E-state index contributed by atoms with van der Waals surface area (Å²) in [4.78, 5) is 23.6. The van der Waals surface area contributed by atoms with Gasteiger partial charge in [-0.15, -0.1) is 5.92 Å². The highest BCUT2D eigenvalue weighted by Gasteiger charge is 2.30. The van der Waals surface area contributed by atoms with Crippen molar-refractivity contribution in [1.82, 2.24) is 9.29 Å². The van der Waals surface area contributed by atoms with E-state index < -0.39 is 39.7 Å². The molecular weight excluding hydrogens is 589 g/mol. The van der Waals surface area contributed by atoms with Gasteiger partial charge in [-0.2, -0.15) is 17.9 Å². The molecule has 0 radical (unpaired) electrons. The predicted molar refractivity (Wildman–Crippen MR) is 150 cm³/mol. The van der Waals surface area contributed by atoms with Crippen molar-refractivity contribution < 1.29 is 46.1 Å². The number of fused-ring (bicyclic) bond motifs is 1. The van der Waals surface area contributed by atoms with E-state index in [-0.39, 0.29) is 30.0 Å². The molecule has 0 amide bonds. The molecule has 1 heterocycles. The molecule has 3 aromatic carbocycles. The summed E-state index contributed by atoms with van der Waals surface area (Å²) in [5.74, 6) is 3.03. The zero-order valence-corrected chi connectivity index (χ0v) is 23.4. The maximum atomic E-state index is 13.1. The van der Waals surface area contributed by atoms with Crippen LogP contribution in [0.4, 0.5) is 13.2 Å². The highest BCUT2D eigenvalue weighted by Crippen LogP contribution is 2.30. The van der Waals surface area contributed by atoms with Crippen LogP contribution in [0, 0.1) is 11.8 Å². The Bertz CT molecular complexity index is 1820. The van der Waals surface area contributed by atoms with Gasteiger partial charge >= 0.3 is 18.1 Å². The van der Waals surface area contributed by atoms with Crippen molar-refractivity contribution in [3.8, 4) is 17.6 Å². The standard InChI is InChI=1S/C30H25F3N2O7S/c1-2-3-14-42-23-9-11-24(12-10-23)43(40,41)34-26(29(38)39)16-21-18-35(27-13-6-20(28(36)37)15-25(21)27)17-19-4-7-22(8-5-19)30(31,32)33/h4-13,15,18,26,34H,14,16-17H2,1H3,(H,36,37)(H,38,39)/t26-/m0/s1. The lowest BCUT2D eigenvalue weighted by atomic mass is 10.0. The Morgan fingerprint density at radius 2 is 1.70 bits per heavy atom. The van der Waals surface area contributed by atoms with Gasteiger partial charge < -0.3 is 19.5 Å². The van der Waals surface area contributed by atoms with Crippen LogP contribution in [-0.2, 0) is 34.0 Å². The number of ether oxygens (including phenoxy) is 1. The maximum Gasteiger partial charge on any atom is 0.416 e. The molecule has 43 heavy (non-hydrogen) atoms. The number of benzene rings is 3. The van der Waals surface area contributed by atoms with Crippen molar-refractivity contribution in [1.29, 1.82) is 0 Å². The van der Waals surface area contributed by atoms with Gasteiger partial charge in [0.05, 0.1) is 16.0 Å². The molecule has 0 aliphatic carbocycles. The van der Waals surface area contributed by atoms with Crippen LogP contribution >= 0.6 is 0 Å². The SMILES string of the molecule is CC#CCOc1ccc(S(=O)(=O)N[C@@H](Cc2cn(Cc3ccc(C(F)(F)F)cc3)c3ccc(C(=O)O)cc23)C(=O)O)cc1. The van der Waals surface area contributed by atoms with Crippen molar-refractivity contribution >= 4 is 32.9 Å². The minimum atomic E-state index is -4.50. The summed E-state index contributed by atoms with van der Waals surface area (Å²) in [7, 11) is -4.31. The molecule has 0 fully saturated rings. The minimum Gasteiger partial charge on any atom is -0.481 e. The maximum absolute atomic E-state index is 13.1. The van der Waals surface area contributed by atoms with Crippen LogP contribution in [0.5, 0.6) is 5.75 Å². The monoisotopic (exact) mass is 614 g/mol. The summed E-state index contributed by atoms with van der Waals surface area (Å²) >= 11 is 0. The number of aromatic carboxylic acids is 1. The van der Waals surface area contributed by atoms with Crippen LogP contribution in [0.25, 0.3) is 10.9 Å². The van der Waals surface area contributed by atoms with Crippen molar-refractivity contribution in [2.45, 2.75) is 37.0 Å². The van der Waals surface area contributed by atoms with Crippen LogP contribution in [0.1, 0.15) is 34.0 Å². The number of hydrogen-bond acceptors (Lipinski definition) is 5. The predicted octanol–water partition coefficient (Wildman–Crippen LogP) is 4.78. The second-order valence-electron chi connectivity index (χ2n) is 9.42. The molecule has 0 aliphatic heterocycles. The first kappa shape index (κ1) is 31.1. The first-order valence-electron chi connectivity index (χ1n) is 12.7. The normalized spacial score (nSPS) is 12.4. The number of nitrogens with zero attached hydrogens (tertiary/aromatic N) is 1. The topological polar surface area (TPSA) is 135 Å². The van der Waals surface area contributed by atoms with E-state index >= 15 is 0 Å². The van der Waals surface area contributed by atoms with Crippen LogP contribution in [0.3, 0.4) is 0 Å². The van der Waals surface area contributed by atoms with Gasteiger partial charge in [0.2, 0.25) is 10.0 Å². The Kier molecular flexibility index (Phi) is 9.13. The second kappa shape index (κ2) is 12.6. The van der Waals surface area contributed by atoms with Crippen LogP contribution < -0.4 is 9.46 Å². The molecule has 1 atom stereocenters. The highest BCUT2D eigenvalue weighted by atomic mass is 32.2. The zero-order valence-electron chi connectivity index (χ0n) is 22.6. The quantitative estimate of drug-likeness (QED) is 0.207. The molecule has 0 unspecified atom stereocenters. The molecule has 4 aromatic rings. The molecule has 0 saturated carbocycles. The zero-order chi connectivity index (χ0) is 31.4. The fraction of sp³-hybridized carbons (Fsp3) is 0.200. The summed E-state index contributed by atoms with van der Waals surface area (Å²) in [5.41, 5.74) is 0.408. The van der Waals surface area contributed by atoms with Gasteiger partial charge in [0.15, 0.2) is 0 Å². The lowest BCUT2D eigenvalue weighted by molar-refractivity contribution is -0.139. The fourth-order valence-electron chi connectivity index (χ4n) is 4.35. The number of rotatable bonds is 11. The molecule has 4 rings (SSSR count). The summed E-state index contributed by atoms with van der Waals surface area (Å²) < 4.78 is 74.3. The molecule has 0 bridgehead atoms. The molecule has 0 saturated heterocycles. The third-order valence-corrected chi connectivity index (χ3v) is 7.97. The molecule has 0 aliphatic rings. The van der Waals surface area contributed by atoms with E-state index in [9.17, 15) is 41.4 Å². The van der Waals surface area contributed by atoms with Gasteiger partial charge in [-0.1, -0.05) is 18.1 Å². The Balaban J connectivity index is 1.64. The van der Waals surface area contributed by atoms with Crippen molar-refractivity contribution in [2.75, 3.05) is 6.61 Å². The first-order valence-corrected chi connectivity index (χ1v) is 14.2. The van der Waals surface area contributed by atoms with Crippen molar-refractivity contribution in [3.05, 3.63) is 95.2 Å². The van der Waals surface area contributed by atoms with E-state index in [0.717, 1.165) is 12.1 Å². The third kappa shape index (κ3) is 7.54. The Labute approximate surface area is 244 Å². The Hall–Kier alpha value is -4.80. The fourth-order valence-corrected chi connectivity index (χ4v) is 5.54. The average Bonchev–Trinajstić information content (AvgIpc) is 3.28. The number of aliphatic carboxylic acids is 1. The van der Waals surface area contributed by atoms with Crippen LogP contribution in [-0.4, -0.2) is 47.8 Å². The van der Waals surface area contributed by atoms with Crippen molar-refractivity contribution in [2.24, 2.45) is 0 Å². The van der Waals surface area contributed by atoms with E-state index in [1.54, 1.807) is 11.5 Å². The number of nitrogens with one attached hydrogen (secondary N) is 1. The van der Waals surface area contributed by atoms with Gasteiger partial charge in [-0.25, -0.2) is 13.2 Å². The Morgan fingerprint density at radius 3 is 2.28 bits per heavy atom. The van der Waals surface area contributed by atoms with Crippen LogP contribution in [0.2, 0.25) is 0 Å². The second-order valence-corrected chi connectivity index (χ2v) is 11.1. The molecule has 224 valence electrons. The molecule has 0 spiro atoms. The van der Waals surface area contributed by atoms with E-state index in [0.29, 0.717) is 27.8 Å². The highest BCUT2D eigenvalue weighted by molar-refractivity contribution is 7.89.